The quantitative estimate of drug-likeness (QED) is 0.333. The van der Waals surface area contributed by atoms with Gasteiger partial charge in [-0.15, -0.1) is 4.36 Å². The maximum Gasteiger partial charge on any atom is 0.441 e. The Morgan fingerprint density at radius 2 is 2.00 bits per heavy atom. The van der Waals surface area contributed by atoms with Gasteiger partial charge in [0.25, 0.3) is 0 Å². The zero-order valence-electron chi connectivity index (χ0n) is 19.1. The summed E-state index contributed by atoms with van der Waals surface area (Å²) < 4.78 is 25.7. The molecule has 1 amide bonds. The van der Waals surface area contributed by atoms with Gasteiger partial charge in [0.1, 0.15) is 11.6 Å². The number of aliphatic hydroxyl groups is 1. The number of aliphatic hydroxyl groups excluding tert-OH is 1. The minimum absolute atomic E-state index is 0.0686. The van der Waals surface area contributed by atoms with E-state index in [1.165, 1.54) is 0 Å². The summed E-state index contributed by atoms with van der Waals surface area (Å²) in [6, 6.07) is 13.9. The lowest BCUT2D eigenvalue weighted by molar-refractivity contribution is 0.164. The first-order chi connectivity index (χ1) is 16.4. The third kappa shape index (κ3) is 6.65. The van der Waals surface area contributed by atoms with Crippen molar-refractivity contribution in [3.8, 4) is 16.9 Å². The molecule has 1 heterocycles. The van der Waals surface area contributed by atoms with Gasteiger partial charge in [0, 0.05) is 28.4 Å². The van der Waals surface area contributed by atoms with Crippen molar-refractivity contribution < 1.29 is 23.6 Å². The van der Waals surface area contributed by atoms with Crippen molar-refractivity contribution >= 4 is 34.1 Å². The highest BCUT2D eigenvalue weighted by molar-refractivity contribution is 7.75. The monoisotopic (exact) mass is 485 g/mol. The number of thiol groups is 1. The van der Waals surface area contributed by atoms with Crippen LogP contribution in [-0.4, -0.2) is 51.7 Å². The zero-order valence-corrected chi connectivity index (χ0v) is 20.0. The molecular weight excluding hydrogens is 458 g/mol. The van der Waals surface area contributed by atoms with Crippen LogP contribution in [-0.2, 0) is 15.3 Å². The number of hydrogen-bond donors (Lipinski definition) is 4. The summed E-state index contributed by atoms with van der Waals surface area (Å²) in [7, 11) is -0.653. The summed E-state index contributed by atoms with van der Waals surface area (Å²) in [5.41, 5.74) is 2.26. The van der Waals surface area contributed by atoms with Crippen LogP contribution in [0.4, 0.5) is 22.2 Å². The Kier molecular flexibility index (Phi) is 8.77. The molecule has 3 rings (SSSR count). The van der Waals surface area contributed by atoms with Crippen molar-refractivity contribution in [3.63, 3.8) is 0 Å². The van der Waals surface area contributed by atoms with E-state index >= 15 is 0 Å². The maximum atomic E-state index is 12.2. The third-order valence-electron chi connectivity index (χ3n) is 4.61. The number of carbonyl (C=O) groups is 1. The van der Waals surface area contributed by atoms with Gasteiger partial charge in [-0.2, -0.15) is 4.98 Å². The van der Waals surface area contributed by atoms with Crippen LogP contribution in [0.1, 0.15) is 13.8 Å². The first-order valence-corrected chi connectivity index (χ1v) is 11.8. The third-order valence-corrected chi connectivity index (χ3v) is 5.70. The van der Waals surface area contributed by atoms with Crippen molar-refractivity contribution in [1.29, 1.82) is 0 Å². The summed E-state index contributed by atoms with van der Waals surface area (Å²) in [6.45, 7) is 3.59. The Bertz CT molecular complexity index is 1210. The fraction of sp³-hybridized carbons (Fsp3) is 0.261. The second-order valence-electron chi connectivity index (χ2n) is 7.16. The van der Waals surface area contributed by atoms with Crippen LogP contribution >= 0.6 is 0 Å². The Balaban J connectivity index is 1.85. The molecule has 1 unspecified atom stereocenters. The Morgan fingerprint density at radius 1 is 1.24 bits per heavy atom. The molecule has 0 aliphatic rings. The molecular formula is C23H27N5O5S. The van der Waals surface area contributed by atoms with E-state index in [2.05, 4.69) is 25.0 Å². The average molecular weight is 486 g/mol. The lowest BCUT2D eigenvalue weighted by Crippen LogP contribution is -2.21. The average Bonchev–Trinajstić information content (AvgIpc) is 2.84. The van der Waals surface area contributed by atoms with E-state index in [0.29, 0.717) is 28.1 Å². The second-order valence-corrected chi connectivity index (χ2v) is 8.42. The molecule has 0 saturated heterocycles. The van der Waals surface area contributed by atoms with Crippen LogP contribution in [0, 0.1) is 0 Å². The molecule has 0 saturated carbocycles. The van der Waals surface area contributed by atoms with Gasteiger partial charge in [0.15, 0.2) is 0 Å². The first-order valence-electron chi connectivity index (χ1n) is 10.5. The molecule has 2 aromatic carbocycles. The number of carbonyl (C=O) groups excluding carboxylic acids is 1. The largest absolute Gasteiger partial charge is 0.497 e. The molecule has 11 heteroatoms. The maximum absolute atomic E-state index is 12.2. The number of anilines is 3. The summed E-state index contributed by atoms with van der Waals surface area (Å²) in [6.07, 6.45) is 0.826. The molecule has 2 atom stereocenters. The first kappa shape index (κ1) is 24.9. The number of nitrogens with one attached hydrogen (secondary N) is 2. The van der Waals surface area contributed by atoms with E-state index in [0.717, 1.165) is 11.1 Å². The topological polar surface area (TPSA) is 135 Å². The molecule has 0 fully saturated rings. The normalized spacial score (nSPS) is 12.6. The number of aromatic nitrogens is 2. The highest BCUT2D eigenvalue weighted by Gasteiger charge is 2.13. The summed E-state index contributed by atoms with van der Waals surface area (Å²) in [4.78, 5) is 20.8. The van der Waals surface area contributed by atoms with Crippen LogP contribution in [0.2, 0.25) is 0 Å². The van der Waals surface area contributed by atoms with Gasteiger partial charge < -0.3 is 25.2 Å². The predicted octanol–water partition coefficient (Wildman–Crippen LogP) is 3.87. The van der Waals surface area contributed by atoms with E-state index in [1.54, 1.807) is 44.5 Å². The summed E-state index contributed by atoms with van der Waals surface area (Å²) in [5.74, 6) is 1.57. The van der Waals surface area contributed by atoms with E-state index in [4.69, 9.17) is 9.47 Å². The molecule has 0 aliphatic carbocycles. The number of methoxy groups -OCH3 is 1. The molecule has 0 spiro atoms. The van der Waals surface area contributed by atoms with Crippen LogP contribution in [0.5, 0.6) is 5.75 Å². The van der Waals surface area contributed by atoms with Crippen LogP contribution in [0.3, 0.4) is 0 Å². The molecule has 3 N–H and O–H groups in total. The second kappa shape index (κ2) is 12.0. The van der Waals surface area contributed by atoms with Gasteiger partial charge in [-0.3, -0.25) is 0 Å². The van der Waals surface area contributed by atoms with E-state index in [1.807, 2.05) is 31.2 Å². The fourth-order valence-corrected chi connectivity index (χ4v) is 3.64. The molecule has 0 bridgehead atoms. The number of nitrogens with zero attached hydrogens (tertiary/aromatic N) is 3. The standard InChI is InChI=1S/C23H27N5O5S/c1-4-33-23(30)28-34(31)19-10-8-17(9-11-19)26-22-24-13-20(21(27-22)25-15(2)14-29)16-6-5-7-18(12-16)32-3/h5-13,15,29,34H,4,14H2,1-3H3,(H2,24,25,26,27)/t15-/m1/s1. The van der Waals surface area contributed by atoms with E-state index < -0.39 is 16.7 Å². The van der Waals surface area contributed by atoms with Gasteiger partial charge in [-0.25, -0.2) is 14.0 Å². The molecule has 0 radical (unpaired) electrons. The summed E-state index contributed by atoms with van der Waals surface area (Å²) >= 11 is 0. The van der Waals surface area contributed by atoms with Crippen LogP contribution in [0.25, 0.3) is 11.1 Å². The van der Waals surface area contributed by atoms with Gasteiger partial charge in [-0.1, -0.05) is 12.1 Å². The smallest absolute Gasteiger partial charge is 0.441 e. The molecule has 34 heavy (non-hydrogen) atoms. The SMILES string of the molecule is CCOC(=O)/N=[SH](=O)/c1ccc(Nc2ncc(-c3cccc(OC)c3)c(N[C@H](C)CO)n2)cc1. The number of ether oxygens (including phenoxy) is 2. The molecule has 3 aromatic rings. The van der Waals surface area contributed by atoms with Gasteiger partial charge in [0.2, 0.25) is 5.95 Å². The highest BCUT2D eigenvalue weighted by Crippen LogP contribution is 2.30. The highest BCUT2D eigenvalue weighted by atomic mass is 32.2. The Labute approximate surface area is 199 Å². The minimum Gasteiger partial charge on any atom is -0.497 e. The number of hydrogen-bond acceptors (Lipinski definition) is 9. The predicted molar refractivity (Wildman–Crippen MR) is 131 cm³/mol. The fourth-order valence-electron chi connectivity index (χ4n) is 2.92. The van der Waals surface area contributed by atoms with Crippen molar-refractivity contribution in [1.82, 2.24) is 9.97 Å². The molecule has 1 aromatic heterocycles. The lowest BCUT2D eigenvalue weighted by Gasteiger charge is -2.17. The van der Waals surface area contributed by atoms with Crippen molar-refractivity contribution in [3.05, 3.63) is 54.7 Å². The van der Waals surface area contributed by atoms with Crippen molar-refractivity contribution in [2.75, 3.05) is 31.0 Å². The summed E-state index contributed by atoms with van der Waals surface area (Å²) in [5, 5.41) is 15.8. The van der Waals surface area contributed by atoms with E-state index in [-0.39, 0.29) is 19.3 Å². The lowest BCUT2D eigenvalue weighted by atomic mass is 10.1. The van der Waals surface area contributed by atoms with Gasteiger partial charge in [-0.05, 0) is 55.8 Å². The number of rotatable bonds is 9. The Hall–Kier alpha value is -3.70. The number of amides is 1. The van der Waals surface area contributed by atoms with Crippen molar-refractivity contribution in [2.24, 2.45) is 4.36 Å². The Morgan fingerprint density at radius 3 is 2.68 bits per heavy atom. The number of benzene rings is 2. The van der Waals surface area contributed by atoms with Gasteiger partial charge in [0.05, 0.1) is 30.9 Å². The zero-order chi connectivity index (χ0) is 24.5. The van der Waals surface area contributed by atoms with Gasteiger partial charge >= 0.3 is 6.09 Å². The van der Waals surface area contributed by atoms with Crippen LogP contribution < -0.4 is 15.4 Å². The molecule has 10 nitrogen and oxygen atoms in total. The van der Waals surface area contributed by atoms with Crippen LogP contribution in [0.15, 0.2) is 64.0 Å². The molecule has 0 aliphatic heterocycles. The van der Waals surface area contributed by atoms with Crippen molar-refractivity contribution in [2.45, 2.75) is 24.8 Å². The molecule has 180 valence electrons. The minimum atomic E-state index is -2.25. The van der Waals surface area contributed by atoms with E-state index in [9.17, 15) is 14.1 Å².